The molecule has 0 heterocycles. The summed E-state index contributed by atoms with van der Waals surface area (Å²) in [5.41, 5.74) is 0.690. The van der Waals surface area contributed by atoms with E-state index in [1.807, 2.05) is 30.5 Å². The van der Waals surface area contributed by atoms with Gasteiger partial charge in [0.05, 0.1) is 25.6 Å². The fourth-order valence-electron chi connectivity index (χ4n) is 2.34. The lowest BCUT2D eigenvalue weighted by Crippen LogP contribution is -2.36. The van der Waals surface area contributed by atoms with Gasteiger partial charge in [-0.1, -0.05) is 13.0 Å². The molecule has 170 valence electrons. The number of carbonyl (C=O) groups excluding carboxylic acids is 3. The molecular formula is C21H24N4O6S. The Morgan fingerprint density at radius 1 is 0.969 bits per heavy atom. The second kappa shape index (κ2) is 12.2. The Labute approximate surface area is 189 Å². The fourth-order valence-corrected chi connectivity index (χ4v) is 2.79. The number of alkyl carbamates (subject to hydrolysis) is 1. The molecule has 2 rings (SSSR count). The van der Waals surface area contributed by atoms with Gasteiger partial charge in [-0.15, -0.1) is 16.8 Å². The van der Waals surface area contributed by atoms with Crippen LogP contribution >= 0.6 is 11.8 Å². The van der Waals surface area contributed by atoms with Crippen LogP contribution in [0.1, 0.15) is 13.3 Å². The highest BCUT2D eigenvalue weighted by atomic mass is 32.2. The predicted molar refractivity (Wildman–Crippen MR) is 123 cm³/mol. The van der Waals surface area contributed by atoms with Crippen LogP contribution in [0.3, 0.4) is 0 Å². The highest BCUT2D eigenvalue weighted by Crippen LogP contribution is 2.31. The van der Waals surface area contributed by atoms with E-state index in [1.165, 1.54) is 0 Å². The smallest absolute Gasteiger partial charge is 0.436 e. The number of benzene rings is 2. The van der Waals surface area contributed by atoms with Gasteiger partial charge >= 0.3 is 12.2 Å². The first-order valence-electron chi connectivity index (χ1n) is 9.43. The van der Waals surface area contributed by atoms with E-state index in [0.717, 1.165) is 19.1 Å². The van der Waals surface area contributed by atoms with Gasteiger partial charge in [0.25, 0.3) is 0 Å². The number of amides is 3. The molecule has 0 aliphatic rings. The third kappa shape index (κ3) is 7.51. The fraction of sp³-hybridized carbons (Fsp3) is 0.238. The molecular weight excluding hydrogens is 436 g/mol. The molecule has 32 heavy (non-hydrogen) atoms. The van der Waals surface area contributed by atoms with Crippen LogP contribution in [0.5, 0.6) is 11.5 Å². The summed E-state index contributed by atoms with van der Waals surface area (Å²) in [5, 5.41) is 7.81. The van der Waals surface area contributed by atoms with Crippen LogP contribution in [-0.2, 0) is 14.3 Å². The number of guanidine groups is 1. The molecule has 0 fully saturated rings. The average molecular weight is 461 g/mol. The van der Waals surface area contributed by atoms with Crippen molar-refractivity contribution in [3.63, 3.8) is 0 Å². The highest BCUT2D eigenvalue weighted by molar-refractivity contribution is 7.98. The maximum Gasteiger partial charge on any atom is 0.436 e. The number of carbonyl (C=O) groups is 3. The minimum Gasteiger partial charge on any atom is -0.457 e. The van der Waals surface area contributed by atoms with Crippen molar-refractivity contribution >= 4 is 47.2 Å². The van der Waals surface area contributed by atoms with E-state index in [2.05, 4.69) is 30.4 Å². The summed E-state index contributed by atoms with van der Waals surface area (Å²) < 4.78 is 15.0. The molecule has 0 aliphatic heterocycles. The number of aliphatic imine (C=N–C) groups is 1. The van der Waals surface area contributed by atoms with Gasteiger partial charge < -0.3 is 24.8 Å². The normalized spacial score (nSPS) is 10.7. The van der Waals surface area contributed by atoms with Crippen molar-refractivity contribution in [1.82, 2.24) is 5.32 Å². The number of hydrogen-bond acceptors (Lipinski definition) is 7. The minimum atomic E-state index is -0.954. The first kappa shape index (κ1) is 24.5. The Morgan fingerprint density at radius 2 is 1.72 bits per heavy atom. The molecule has 0 saturated carbocycles. The lowest BCUT2D eigenvalue weighted by molar-refractivity contribution is -0.115. The zero-order chi connectivity index (χ0) is 23.5. The molecule has 2 aromatic rings. The van der Waals surface area contributed by atoms with Gasteiger partial charge in [-0.25, -0.2) is 9.59 Å². The largest absolute Gasteiger partial charge is 0.457 e. The molecule has 0 aromatic heterocycles. The minimum absolute atomic E-state index is 0.234. The molecule has 0 aliphatic carbocycles. The van der Waals surface area contributed by atoms with Crippen LogP contribution in [0, 0.1) is 0 Å². The van der Waals surface area contributed by atoms with Gasteiger partial charge in [0.2, 0.25) is 11.9 Å². The standard InChI is InChI=1S/C21H24N4O6S/c1-5-18(26)22-16-10-9-14(31-13-7-6-8-15(11-13)32-4)12-17(16)23-19(24-20(27)29-2)25-21(28)30-3/h6-12H,5H2,1-4H3,(H,22,26)(H2,23,24,25,27,28). The van der Waals surface area contributed by atoms with Gasteiger partial charge in [0.1, 0.15) is 11.5 Å². The SMILES string of the molecule is CCC(=O)Nc1ccc(Oc2cccc(SC)c2)cc1NC(=NC(=O)OC)NC(=O)OC. The Kier molecular flexibility index (Phi) is 9.36. The lowest BCUT2D eigenvalue weighted by atomic mass is 10.2. The second-order valence-corrected chi connectivity index (χ2v) is 6.94. The Bertz CT molecular complexity index is 1010. The number of hydrogen-bond donors (Lipinski definition) is 3. The molecule has 3 amide bonds. The predicted octanol–water partition coefficient (Wildman–Crippen LogP) is 4.44. The Balaban J connectivity index is 2.40. The van der Waals surface area contributed by atoms with Crippen LogP contribution in [0.15, 0.2) is 52.4 Å². The van der Waals surface area contributed by atoms with Crippen molar-refractivity contribution < 1.29 is 28.6 Å². The second-order valence-electron chi connectivity index (χ2n) is 6.06. The van der Waals surface area contributed by atoms with Gasteiger partial charge in [-0.3, -0.25) is 10.1 Å². The van der Waals surface area contributed by atoms with E-state index in [1.54, 1.807) is 36.9 Å². The van der Waals surface area contributed by atoms with Crippen LogP contribution in [-0.4, -0.2) is 44.5 Å². The molecule has 3 N–H and O–H groups in total. The van der Waals surface area contributed by atoms with Crippen molar-refractivity contribution in [1.29, 1.82) is 0 Å². The Morgan fingerprint density at radius 3 is 2.38 bits per heavy atom. The highest BCUT2D eigenvalue weighted by Gasteiger charge is 2.14. The van der Waals surface area contributed by atoms with Crippen LogP contribution in [0.25, 0.3) is 0 Å². The van der Waals surface area contributed by atoms with Crippen molar-refractivity contribution in [2.24, 2.45) is 4.99 Å². The number of rotatable bonds is 6. The molecule has 0 spiro atoms. The molecule has 10 nitrogen and oxygen atoms in total. The average Bonchev–Trinajstić information content (AvgIpc) is 2.80. The summed E-state index contributed by atoms with van der Waals surface area (Å²) >= 11 is 1.58. The third-order valence-electron chi connectivity index (χ3n) is 3.90. The molecule has 0 bridgehead atoms. The number of thioether (sulfide) groups is 1. The molecule has 0 saturated heterocycles. The van der Waals surface area contributed by atoms with E-state index in [9.17, 15) is 14.4 Å². The van der Waals surface area contributed by atoms with E-state index < -0.39 is 12.2 Å². The molecule has 0 atom stereocenters. The monoisotopic (exact) mass is 460 g/mol. The molecule has 0 radical (unpaired) electrons. The van der Waals surface area contributed by atoms with Gasteiger partial charge in [0.15, 0.2) is 0 Å². The maximum atomic E-state index is 11.9. The first-order chi connectivity index (χ1) is 15.4. The molecule has 0 unspecified atom stereocenters. The van der Waals surface area contributed by atoms with Crippen molar-refractivity contribution in [3.05, 3.63) is 42.5 Å². The number of ether oxygens (including phenoxy) is 3. The summed E-state index contributed by atoms with van der Waals surface area (Å²) in [7, 11) is 2.31. The van der Waals surface area contributed by atoms with E-state index in [4.69, 9.17) is 4.74 Å². The molecule has 11 heteroatoms. The third-order valence-corrected chi connectivity index (χ3v) is 4.63. The van der Waals surface area contributed by atoms with Gasteiger partial charge in [0, 0.05) is 17.4 Å². The summed E-state index contributed by atoms with van der Waals surface area (Å²) in [4.78, 5) is 39.9. The number of nitrogens with one attached hydrogen (secondary N) is 3. The zero-order valence-corrected chi connectivity index (χ0v) is 18.9. The summed E-state index contributed by atoms with van der Waals surface area (Å²) in [6.07, 6.45) is 0.399. The lowest BCUT2D eigenvalue weighted by Gasteiger charge is -2.16. The summed E-state index contributed by atoms with van der Waals surface area (Å²) in [5.74, 6) is 0.555. The summed E-state index contributed by atoms with van der Waals surface area (Å²) in [6.45, 7) is 1.71. The van der Waals surface area contributed by atoms with E-state index in [-0.39, 0.29) is 18.3 Å². The van der Waals surface area contributed by atoms with Crippen molar-refractivity contribution in [2.75, 3.05) is 31.1 Å². The van der Waals surface area contributed by atoms with Gasteiger partial charge in [-0.05, 0) is 36.6 Å². The van der Waals surface area contributed by atoms with Crippen LogP contribution < -0.4 is 20.7 Å². The number of anilines is 2. The van der Waals surface area contributed by atoms with E-state index >= 15 is 0 Å². The van der Waals surface area contributed by atoms with Gasteiger partial charge in [-0.2, -0.15) is 0 Å². The van der Waals surface area contributed by atoms with Crippen molar-refractivity contribution in [2.45, 2.75) is 18.2 Å². The number of nitrogens with zero attached hydrogens (tertiary/aromatic N) is 1. The first-order valence-corrected chi connectivity index (χ1v) is 10.6. The number of methoxy groups -OCH3 is 2. The zero-order valence-electron chi connectivity index (χ0n) is 18.1. The van der Waals surface area contributed by atoms with Crippen LogP contribution in [0.4, 0.5) is 21.0 Å². The Hall–Kier alpha value is -3.73. The maximum absolute atomic E-state index is 11.9. The quantitative estimate of drug-likeness (QED) is 0.328. The van der Waals surface area contributed by atoms with Crippen molar-refractivity contribution in [3.8, 4) is 11.5 Å². The summed E-state index contributed by atoms with van der Waals surface area (Å²) in [6, 6.07) is 12.4. The topological polar surface area (TPSA) is 127 Å². The van der Waals surface area contributed by atoms with E-state index in [0.29, 0.717) is 22.9 Å². The molecule has 2 aromatic carbocycles. The van der Waals surface area contributed by atoms with Crippen LogP contribution in [0.2, 0.25) is 0 Å².